The smallest absolute Gasteiger partial charge is 0.408 e. The Morgan fingerprint density at radius 2 is 1.76 bits per heavy atom. The molecule has 0 saturated heterocycles. The van der Waals surface area contributed by atoms with E-state index in [1.54, 1.807) is 0 Å². The van der Waals surface area contributed by atoms with Gasteiger partial charge < -0.3 is 20.5 Å². The van der Waals surface area contributed by atoms with Gasteiger partial charge >= 0.3 is 6.09 Å². The number of ether oxygens (including phenoxy) is 1. The highest BCUT2D eigenvalue weighted by Gasteiger charge is 2.19. The van der Waals surface area contributed by atoms with Gasteiger partial charge in [0, 0.05) is 12.6 Å². The van der Waals surface area contributed by atoms with Crippen LogP contribution in [-0.4, -0.2) is 29.4 Å². The number of aliphatic hydroxyl groups excluding tert-OH is 1. The zero-order valence-corrected chi connectivity index (χ0v) is 15.8. The number of carbonyl (C=O) groups is 1. The van der Waals surface area contributed by atoms with E-state index in [-0.39, 0.29) is 6.04 Å². The zero-order valence-electron chi connectivity index (χ0n) is 15.8. The second kappa shape index (κ2) is 8.68. The van der Waals surface area contributed by atoms with Crippen molar-refractivity contribution in [1.29, 1.82) is 0 Å². The SMILES string of the molecule is C[C@H](NC(=O)OC(C)(C)C)c1ccc([C@H](O)CNC2CCCC2)cc1. The van der Waals surface area contributed by atoms with Crippen LogP contribution in [0.4, 0.5) is 4.79 Å². The number of rotatable bonds is 6. The van der Waals surface area contributed by atoms with Gasteiger partial charge in [0.05, 0.1) is 12.1 Å². The number of hydrogen-bond acceptors (Lipinski definition) is 4. The summed E-state index contributed by atoms with van der Waals surface area (Å²) in [5.41, 5.74) is 1.36. The van der Waals surface area contributed by atoms with E-state index in [1.807, 2.05) is 52.0 Å². The molecule has 1 amide bonds. The second-order valence-electron chi connectivity index (χ2n) is 7.94. The van der Waals surface area contributed by atoms with Crippen LogP contribution in [0.1, 0.15) is 76.7 Å². The summed E-state index contributed by atoms with van der Waals surface area (Å²) >= 11 is 0. The fraction of sp³-hybridized carbons (Fsp3) is 0.650. The van der Waals surface area contributed by atoms with Gasteiger partial charge in [0.15, 0.2) is 0 Å². The summed E-state index contributed by atoms with van der Waals surface area (Å²) in [6.07, 6.45) is 4.04. The molecule has 1 aromatic carbocycles. The molecule has 1 aliphatic rings. The molecule has 1 aromatic rings. The van der Waals surface area contributed by atoms with Gasteiger partial charge in [-0.3, -0.25) is 0 Å². The Hall–Kier alpha value is -1.59. The van der Waals surface area contributed by atoms with Crippen molar-refractivity contribution in [1.82, 2.24) is 10.6 Å². The minimum absolute atomic E-state index is 0.155. The van der Waals surface area contributed by atoms with Crippen LogP contribution in [0.15, 0.2) is 24.3 Å². The van der Waals surface area contributed by atoms with Crippen LogP contribution in [0.3, 0.4) is 0 Å². The third kappa shape index (κ3) is 6.67. The fourth-order valence-corrected chi connectivity index (χ4v) is 3.10. The third-order valence-electron chi connectivity index (χ3n) is 4.51. The van der Waals surface area contributed by atoms with Crippen molar-refractivity contribution in [3.05, 3.63) is 35.4 Å². The van der Waals surface area contributed by atoms with Crippen LogP contribution >= 0.6 is 0 Å². The summed E-state index contributed by atoms with van der Waals surface area (Å²) < 4.78 is 5.27. The second-order valence-corrected chi connectivity index (χ2v) is 7.94. The summed E-state index contributed by atoms with van der Waals surface area (Å²) in [6.45, 7) is 8.01. The number of amides is 1. The molecule has 0 radical (unpaired) electrons. The van der Waals surface area contributed by atoms with Crippen LogP contribution in [0, 0.1) is 0 Å². The van der Waals surface area contributed by atoms with Crippen molar-refractivity contribution in [3.63, 3.8) is 0 Å². The zero-order chi connectivity index (χ0) is 18.4. The maximum Gasteiger partial charge on any atom is 0.408 e. The number of nitrogens with one attached hydrogen (secondary N) is 2. The summed E-state index contributed by atoms with van der Waals surface area (Å²) in [5, 5.41) is 16.6. The highest BCUT2D eigenvalue weighted by molar-refractivity contribution is 5.68. The lowest BCUT2D eigenvalue weighted by atomic mass is 10.0. The molecule has 0 bridgehead atoms. The van der Waals surface area contributed by atoms with Crippen LogP contribution < -0.4 is 10.6 Å². The van der Waals surface area contributed by atoms with Gasteiger partial charge in [-0.15, -0.1) is 0 Å². The molecule has 2 rings (SSSR count). The van der Waals surface area contributed by atoms with Crippen molar-refractivity contribution >= 4 is 6.09 Å². The van der Waals surface area contributed by atoms with E-state index in [1.165, 1.54) is 25.7 Å². The molecule has 5 nitrogen and oxygen atoms in total. The van der Waals surface area contributed by atoms with Crippen molar-refractivity contribution in [3.8, 4) is 0 Å². The van der Waals surface area contributed by atoms with Gasteiger partial charge in [0.25, 0.3) is 0 Å². The molecule has 25 heavy (non-hydrogen) atoms. The van der Waals surface area contributed by atoms with E-state index in [0.29, 0.717) is 12.6 Å². The average molecular weight is 348 g/mol. The molecule has 3 N–H and O–H groups in total. The molecule has 0 unspecified atom stereocenters. The summed E-state index contributed by atoms with van der Waals surface area (Å²) in [5.74, 6) is 0. The van der Waals surface area contributed by atoms with Crippen molar-refractivity contribution < 1.29 is 14.6 Å². The quantitative estimate of drug-likeness (QED) is 0.730. The Balaban J connectivity index is 1.84. The van der Waals surface area contributed by atoms with Gasteiger partial charge in [-0.05, 0) is 51.7 Å². The molecule has 0 spiro atoms. The Morgan fingerprint density at radius 1 is 1.20 bits per heavy atom. The number of carbonyl (C=O) groups excluding carboxylic acids is 1. The van der Waals surface area contributed by atoms with Gasteiger partial charge in [-0.2, -0.15) is 0 Å². The third-order valence-corrected chi connectivity index (χ3v) is 4.51. The van der Waals surface area contributed by atoms with E-state index < -0.39 is 17.8 Å². The standard InChI is InChI=1S/C20H32N2O3/c1-14(22-19(24)25-20(2,3)4)15-9-11-16(12-10-15)18(23)13-21-17-7-5-6-8-17/h9-12,14,17-18,21,23H,5-8,13H2,1-4H3,(H,22,24)/t14-,18+/m0/s1. The minimum Gasteiger partial charge on any atom is -0.444 e. The lowest BCUT2D eigenvalue weighted by Gasteiger charge is -2.22. The first-order valence-corrected chi connectivity index (χ1v) is 9.25. The Morgan fingerprint density at radius 3 is 2.32 bits per heavy atom. The van der Waals surface area contributed by atoms with Crippen LogP contribution in [-0.2, 0) is 4.74 Å². The fourth-order valence-electron chi connectivity index (χ4n) is 3.10. The lowest BCUT2D eigenvalue weighted by molar-refractivity contribution is 0.0508. The van der Waals surface area contributed by atoms with Crippen LogP contribution in [0.25, 0.3) is 0 Å². The van der Waals surface area contributed by atoms with E-state index in [0.717, 1.165) is 11.1 Å². The summed E-state index contributed by atoms with van der Waals surface area (Å²) in [6, 6.07) is 8.11. The summed E-state index contributed by atoms with van der Waals surface area (Å²) in [4.78, 5) is 11.8. The van der Waals surface area contributed by atoms with Crippen molar-refractivity contribution in [2.75, 3.05) is 6.54 Å². The van der Waals surface area contributed by atoms with Crippen molar-refractivity contribution in [2.24, 2.45) is 0 Å². The maximum atomic E-state index is 11.8. The first-order valence-electron chi connectivity index (χ1n) is 9.25. The molecule has 1 saturated carbocycles. The van der Waals surface area contributed by atoms with E-state index >= 15 is 0 Å². The van der Waals surface area contributed by atoms with Crippen molar-refractivity contribution in [2.45, 2.75) is 77.2 Å². The number of aliphatic hydroxyl groups is 1. The van der Waals surface area contributed by atoms with Gasteiger partial charge in [0.1, 0.15) is 5.60 Å². The Labute approximate surface area is 151 Å². The highest BCUT2D eigenvalue weighted by atomic mass is 16.6. The molecule has 5 heteroatoms. The predicted octanol–water partition coefficient (Wildman–Crippen LogP) is 3.84. The number of hydrogen-bond donors (Lipinski definition) is 3. The lowest BCUT2D eigenvalue weighted by Crippen LogP contribution is -2.34. The normalized spacial score (nSPS) is 18.0. The Bertz CT molecular complexity index is 545. The molecule has 0 aliphatic heterocycles. The summed E-state index contributed by atoms with van der Waals surface area (Å²) in [7, 11) is 0. The van der Waals surface area contributed by atoms with Gasteiger partial charge in [-0.1, -0.05) is 37.1 Å². The first-order chi connectivity index (χ1) is 11.7. The Kier molecular flexibility index (Phi) is 6.85. The molecule has 1 aliphatic carbocycles. The average Bonchev–Trinajstić information content (AvgIpc) is 3.04. The molecule has 1 fully saturated rings. The molecule has 2 atom stereocenters. The van der Waals surface area contributed by atoms with E-state index in [4.69, 9.17) is 4.74 Å². The monoisotopic (exact) mass is 348 g/mol. The highest BCUT2D eigenvalue weighted by Crippen LogP contribution is 2.21. The molecule has 0 aromatic heterocycles. The van der Waals surface area contributed by atoms with E-state index in [9.17, 15) is 9.90 Å². The van der Waals surface area contributed by atoms with Crippen LogP contribution in [0.5, 0.6) is 0 Å². The first kappa shape index (κ1) is 19.7. The molecular weight excluding hydrogens is 316 g/mol. The topological polar surface area (TPSA) is 70.6 Å². The molecule has 140 valence electrons. The van der Waals surface area contributed by atoms with E-state index in [2.05, 4.69) is 10.6 Å². The largest absolute Gasteiger partial charge is 0.444 e. The molecular formula is C20H32N2O3. The van der Waals surface area contributed by atoms with Gasteiger partial charge in [-0.25, -0.2) is 4.79 Å². The van der Waals surface area contributed by atoms with Crippen LogP contribution in [0.2, 0.25) is 0 Å². The van der Waals surface area contributed by atoms with Gasteiger partial charge in [0.2, 0.25) is 0 Å². The predicted molar refractivity (Wildman–Crippen MR) is 99.4 cm³/mol. The number of alkyl carbamates (subject to hydrolysis) is 1. The maximum absolute atomic E-state index is 11.8. The number of benzene rings is 1. The minimum atomic E-state index is -0.510. The molecule has 0 heterocycles.